The van der Waals surface area contributed by atoms with Gasteiger partial charge in [0.25, 0.3) is 11.8 Å². The maximum Gasteiger partial charge on any atom is 0.269 e. The van der Waals surface area contributed by atoms with Gasteiger partial charge in [-0.3, -0.25) is 25.8 Å². The molecule has 2 aromatic rings. The number of carbonyl (C=O) groups is 2. The predicted molar refractivity (Wildman–Crippen MR) is 115 cm³/mol. The number of thiocarbonyl (C=S) groups is 1. The molecule has 0 aliphatic rings. The van der Waals surface area contributed by atoms with Crippen LogP contribution in [0.5, 0.6) is 11.5 Å². The highest BCUT2D eigenvalue weighted by molar-refractivity contribution is 7.80. The number of para-hydroxylation sites is 1. The Bertz CT molecular complexity index is 853. The van der Waals surface area contributed by atoms with E-state index < -0.39 is 11.8 Å². The van der Waals surface area contributed by atoms with Crippen LogP contribution < -0.4 is 25.6 Å². The molecule has 0 unspecified atom stereocenters. The first-order valence-electron chi connectivity index (χ1n) is 9.27. The van der Waals surface area contributed by atoms with Gasteiger partial charge in [0, 0.05) is 5.56 Å². The van der Waals surface area contributed by atoms with Gasteiger partial charge in [0.15, 0.2) is 5.11 Å². The molecule has 0 heterocycles. The summed E-state index contributed by atoms with van der Waals surface area (Å²) in [6.07, 6.45) is 0. The van der Waals surface area contributed by atoms with Crippen LogP contribution in [0, 0.1) is 5.92 Å². The average Bonchev–Trinajstić information content (AvgIpc) is 2.71. The minimum atomic E-state index is -0.438. The number of hydrogen-bond acceptors (Lipinski definition) is 5. The van der Waals surface area contributed by atoms with Crippen molar-refractivity contribution in [2.45, 2.75) is 20.8 Å². The first kappa shape index (κ1) is 22.2. The Kier molecular flexibility index (Phi) is 8.42. The first-order valence-corrected chi connectivity index (χ1v) is 9.67. The molecule has 0 aliphatic heterocycles. The van der Waals surface area contributed by atoms with Crippen LogP contribution in [0.15, 0.2) is 48.5 Å². The summed E-state index contributed by atoms with van der Waals surface area (Å²) in [5.74, 6) is 0.733. The highest BCUT2D eigenvalue weighted by atomic mass is 32.1. The smallest absolute Gasteiger partial charge is 0.269 e. The zero-order chi connectivity index (χ0) is 21.2. The summed E-state index contributed by atoms with van der Waals surface area (Å²) in [5, 5.41) is 2.47. The highest BCUT2D eigenvalue weighted by Crippen LogP contribution is 2.17. The molecular formula is C21H25N3O4S. The van der Waals surface area contributed by atoms with Crippen molar-refractivity contribution in [1.29, 1.82) is 0 Å². The summed E-state index contributed by atoms with van der Waals surface area (Å²) in [5.41, 5.74) is 5.73. The van der Waals surface area contributed by atoms with Crippen LogP contribution in [0.4, 0.5) is 0 Å². The summed E-state index contributed by atoms with van der Waals surface area (Å²) in [7, 11) is 0. The fraction of sp³-hybridized carbons (Fsp3) is 0.286. The van der Waals surface area contributed by atoms with Crippen molar-refractivity contribution >= 4 is 29.1 Å². The number of benzene rings is 2. The molecule has 7 nitrogen and oxygen atoms in total. The summed E-state index contributed by atoms with van der Waals surface area (Å²) < 4.78 is 11.0. The Morgan fingerprint density at radius 1 is 0.966 bits per heavy atom. The Hall–Kier alpha value is -3.13. The largest absolute Gasteiger partial charge is 0.493 e. The van der Waals surface area contributed by atoms with Gasteiger partial charge in [0.05, 0.1) is 18.8 Å². The quantitative estimate of drug-likeness (QED) is 0.476. The third-order valence-electron chi connectivity index (χ3n) is 3.65. The van der Waals surface area contributed by atoms with Crippen molar-refractivity contribution < 1.29 is 19.1 Å². The van der Waals surface area contributed by atoms with E-state index in [4.69, 9.17) is 21.7 Å². The van der Waals surface area contributed by atoms with Crippen molar-refractivity contribution in [3.05, 3.63) is 59.7 Å². The molecule has 8 heteroatoms. The van der Waals surface area contributed by atoms with E-state index in [-0.39, 0.29) is 5.11 Å². The van der Waals surface area contributed by atoms with Crippen molar-refractivity contribution in [1.82, 2.24) is 16.2 Å². The Morgan fingerprint density at radius 2 is 1.66 bits per heavy atom. The van der Waals surface area contributed by atoms with Gasteiger partial charge >= 0.3 is 0 Å². The van der Waals surface area contributed by atoms with Crippen molar-refractivity contribution in [2.24, 2.45) is 5.92 Å². The van der Waals surface area contributed by atoms with E-state index in [0.717, 1.165) is 0 Å². The third-order valence-corrected chi connectivity index (χ3v) is 3.85. The van der Waals surface area contributed by atoms with Crippen LogP contribution in [0.3, 0.4) is 0 Å². The van der Waals surface area contributed by atoms with E-state index in [2.05, 4.69) is 30.0 Å². The predicted octanol–water partition coefficient (Wildman–Crippen LogP) is 3.07. The maximum atomic E-state index is 12.4. The molecule has 29 heavy (non-hydrogen) atoms. The molecule has 0 aromatic heterocycles. The molecule has 2 aromatic carbocycles. The molecule has 0 fully saturated rings. The Morgan fingerprint density at radius 3 is 2.31 bits per heavy atom. The zero-order valence-electron chi connectivity index (χ0n) is 16.7. The molecule has 154 valence electrons. The number of rotatable bonds is 7. The zero-order valence-corrected chi connectivity index (χ0v) is 17.5. The molecule has 0 bridgehead atoms. The molecule has 2 amide bonds. The lowest BCUT2D eigenvalue weighted by atomic mass is 10.2. The van der Waals surface area contributed by atoms with Crippen LogP contribution in [0.25, 0.3) is 0 Å². The van der Waals surface area contributed by atoms with Crippen molar-refractivity contribution in [2.75, 3.05) is 13.2 Å². The van der Waals surface area contributed by atoms with Crippen LogP contribution in [0.1, 0.15) is 41.5 Å². The Balaban J connectivity index is 1.85. The molecule has 0 saturated carbocycles. The first-order chi connectivity index (χ1) is 13.9. The van der Waals surface area contributed by atoms with E-state index in [9.17, 15) is 9.59 Å². The number of nitrogens with one attached hydrogen (secondary N) is 3. The number of amides is 2. The van der Waals surface area contributed by atoms with Gasteiger partial charge in [0.1, 0.15) is 11.5 Å². The molecule has 3 N–H and O–H groups in total. The summed E-state index contributed by atoms with van der Waals surface area (Å²) in [4.78, 5) is 24.6. The molecule has 0 atom stereocenters. The second kappa shape index (κ2) is 11.0. The standard InChI is InChI=1S/C21H25N3O4S/c1-4-27-18-8-6-5-7-17(18)20(26)22-21(29)24-23-19(25)15-9-11-16(12-10-15)28-13-14(2)3/h5-12,14H,4,13H2,1-3H3,(H,23,25)(H2,22,24,26,29). The lowest BCUT2D eigenvalue weighted by molar-refractivity contribution is 0.0933. The number of hydrazine groups is 1. The van der Waals surface area contributed by atoms with E-state index in [0.29, 0.717) is 41.8 Å². The van der Waals surface area contributed by atoms with Gasteiger partial charge < -0.3 is 9.47 Å². The number of ether oxygens (including phenoxy) is 2. The Labute approximate surface area is 175 Å². The maximum absolute atomic E-state index is 12.4. The normalized spacial score (nSPS) is 10.2. The summed E-state index contributed by atoms with van der Waals surface area (Å²) in [6, 6.07) is 13.6. The van der Waals surface area contributed by atoms with Crippen molar-refractivity contribution in [3.63, 3.8) is 0 Å². The highest BCUT2D eigenvalue weighted by Gasteiger charge is 2.14. The fourth-order valence-electron chi connectivity index (χ4n) is 2.29. The lowest BCUT2D eigenvalue weighted by Gasteiger charge is -2.13. The van der Waals surface area contributed by atoms with Crippen LogP contribution in [-0.2, 0) is 0 Å². The second-order valence-corrected chi connectivity index (χ2v) is 6.93. The minimum absolute atomic E-state index is 0.0356. The van der Waals surface area contributed by atoms with E-state index in [1.165, 1.54) is 0 Å². The number of hydrogen-bond donors (Lipinski definition) is 3. The van der Waals surface area contributed by atoms with Crippen LogP contribution >= 0.6 is 12.2 Å². The van der Waals surface area contributed by atoms with Crippen LogP contribution in [0.2, 0.25) is 0 Å². The SMILES string of the molecule is CCOc1ccccc1C(=O)NC(=S)NNC(=O)c1ccc(OCC(C)C)cc1. The van der Waals surface area contributed by atoms with Gasteiger partial charge in [-0.25, -0.2) is 0 Å². The molecule has 0 spiro atoms. The van der Waals surface area contributed by atoms with Crippen LogP contribution in [-0.4, -0.2) is 30.1 Å². The third kappa shape index (κ3) is 7.08. The van der Waals surface area contributed by atoms with Gasteiger partial charge in [-0.15, -0.1) is 0 Å². The van der Waals surface area contributed by atoms with Gasteiger partial charge in [-0.1, -0.05) is 26.0 Å². The van der Waals surface area contributed by atoms with E-state index >= 15 is 0 Å². The summed E-state index contributed by atoms with van der Waals surface area (Å²) >= 11 is 5.07. The van der Waals surface area contributed by atoms with Crippen molar-refractivity contribution in [3.8, 4) is 11.5 Å². The monoisotopic (exact) mass is 415 g/mol. The van der Waals surface area contributed by atoms with E-state index in [1.807, 2.05) is 6.92 Å². The van der Waals surface area contributed by atoms with Gasteiger partial charge in [-0.05, 0) is 61.5 Å². The van der Waals surface area contributed by atoms with E-state index in [1.54, 1.807) is 48.5 Å². The van der Waals surface area contributed by atoms with Gasteiger partial charge in [0.2, 0.25) is 0 Å². The lowest BCUT2D eigenvalue weighted by Crippen LogP contribution is -2.48. The summed E-state index contributed by atoms with van der Waals surface area (Å²) in [6.45, 7) is 6.99. The average molecular weight is 416 g/mol. The fourth-order valence-corrected chi connectivity index (χ4v) is 2.43. The minimum Gasteiger partial charge on any atom is -0.493 e. The molecular weight excluding hydrogens is 390 g/mol. The molecule has 0 aliphatic carbocycles. The molecule has 0 radical (unpaired) electrons. The number of carbonyl (C=O) groups excluding carboxylic acids is 2. The molecule has 2 rings (SSSR count). The second-order valence-electron chi connectivity index (χ2n) is 6.52. The molecule has 0 saturated heterocycles. The topological polar surface area (TPSA) is 88.7 Å². The van der Waals surface area contributed by atoms with Gasteiger partial charge in [-0.2, -0.15) is 0 Å².